The molecule has 0 unspecified atom stereocenters. The predicted molar refractivity (Wildman–Crippen MR) is 121 cm³/mol. The number of hydrogen-bond donors (Lipinski definition) is 1. The number of thiophene rings is 1. The van der Waals surface area contributed by atoms with Gasteiger partial charge in [-0.25, -0.2) is 0 Å². The average molecular weight is 437 g/mol. The Morgan fingerprint density at radius 1 is 1.23 bits per heavy atom. The number of anilines is 1. The summed E-state index contributed by atoms with van der Waals surface area (Å²) in [6, 6.07) is 16.8. The molecule has 160 valence electrons. The summed E-state index contributed by atoms with van der Waals surface area (Å²) < 4.78 is 11.3. The largest absolute Gasteiger partial charge is 0.497 e. The number of methoxy groups -OCH3 is 1. The molecule has 2 amide bonds. The van der Waals surface area contributed by atoms with Gasteiger partial charge in [0.05, 0.1) is 12.0 Å². The zero-order valence-electron chi connectivity index (χ0n) is 17.5. The van der Waals surface area contributed by atoms with Crippen LogP contribution >= 0.6 is 11.3 Å². The highest BCUT2D eigenvalue weighted by Crippen LogP contribution is 2.30. The van der Waals surface area contributed by atoms with Crippen LogP contribution in [0.2, 0.25) is 0 Å². The molecule has 4 rings (SSSR count). The lowest BCUT2D eigenvalue weighted by Gasteiger charge is -2.23. The number of amides is 2. The molecule has 7 heteroatoms. The van der Waals surface area contributed by atoms with Crippen LogP contribution in [0.5, 0.6) is 11.5 Å². The fourth-order valence-corrected chi connectivity index (χ4v) is 4.19. The first-order chi connectivity index (χ1) is 15.1. The normalized spacial score (nSPS) is 15.6. The Bertz CT molecular complexity index is 1080. The molecule has 0 saturated carbocycles. The summed E-state index contributed by atoms with van der Waals surface area (Å²) in [6.45, 7) is 2.78. The SMILES string of the molecule is CC[C@H]1Oc2ccc(NC(=O)c3cccs3)cc2CN(Cc2cccc(OC)c2)C1=O. The Morgan fingerprint density at radius 3 is 2.84 bits per heavy atom. The van der Waals surface area contributed by atoms with Crippen LogP contribution in [0.4, 0.5) is 5.69 Å². The topological polar surface area (TPSA) is 67.9 Å². The maximum Gasteiger partial charge on any atom is 0.265 e. The van der Waals surface area contributed by atoms with Crippen molar-refractivity contribution in [2.75, 3.05) is 12.4 Å². The average Bonchev–Trinajstić information content (AvgIpc) is 3.29. The van der Waals surface area contributed by atoms with E-state index in [0.29, 0.717) is 35.8 Å². The van der Waals surface area contributed by atoms with Crippen molar-refractivity contribution in [2.45, 2.75) is 32.5 Å². The van der Waals surface area contributed by atoms with Crippen LogP contribution in [0.25, 0.3) is 0 Å². The molecule has 0 spiro atoms. The van der Waals surface area contributed by atoms with Gasteiger partial charge in [0, 0.05) is 24.3 Å². The first-order valence-corrected chi connectivity index (χ1v) is 11.0. The van der Waals surface area contributed by atoms with Gasteiger partial charge < -0.3 is 19.7 Å². The summed E-state index contributed by atoms with van der Waals surface area (Å²) in [5.41, 5.74) is 2.51. The Kier molecular flexibility index (Phi) is 6.23. The van der Waals surface area contributed by atoms with Gasteiger partial charge in [0.1, 0.15) is 11.5 Å². The Labute approximate surface area is 185 Å². The summed E-state index contributed by atoms with van der Waals surface area (Å²) in [5, 5.41) is 4.79. The van der Waals surface area contributed by atoms with Crippen LogP contribution < -0.4 is 14.8 Å². The van der Waals surface area contributed by atoms with Crippen molar-refractivity contribution in [3.63, 3.8) is 0 Å². The summed E-state index contributed by atoms with van der Waals surface area (Å²) >= 11 is 1.39. The molecule has 1 aliphatic heterocycles. The van der Waals surface area contributed by atoms with E-state index in [1.54, 1.807) is 24.1 Å². The molecule has 2 aromatic carbocycles. The van der Waals surface area contributed by atoms with Crippen molar-refractivity contribution in [1.29, 1.82) is 0 Å². The number of nitrogens with zero attached hydrogens (tertiary/aromatic N) is 1. The molecule has 1 N–H and O–H groups in total. The summed E-state index contributed by atoms with van der Waals surface area (Å²) in [6.07, 6.45) is 0.0300. The van der Waals surface area contributed by atoms with Gasteiger partial charge in [-0.2, -0.15) is 0 Å². The molecule has 6 nitrogen and oxygen atoms in total. The number of rotatable bonds is 6. The predicted octanol–water partition coefficient (Wildman–Crippen LogP) is 4.71. The number of carbonyl (C=O) groups is 2. The molecule has 0 radical (unpaired) electrons. The Hall–Kier alpha value is -3.32. The van der Waals surface area contributed by atoms with E-state index in [-0.39, 0.29) is 11.8 Å². The molecule has 0 saturated heterocycles. The van der Waals surface area contributed by atoms with Gasteiger partial charge in [0.2, 0.25) is 0 Å². The lowest BCUT2D eigenvalue weighted by Crippen LogP contribution is -2.38. The van der Waals surface area contributed by atoms with E-state index in [2.05, 4.69) is 5.32 Å². The number of benzene rings is 2. The van der Waals surface area contributed by atoms with Crippen LogP contribution in [-0.4, -0.2) is 29.9 Å². The van der Waals surface area contributed by atoms with Crippen molar-refractivity contribution in [2.24, 2.45) is 0 Å². The second kappa shape index (κ2) is 9.22. The van der Waals surface area contributed by atoms with Crippen molar-refractivity contribution in [3.05, 3.63) is 76.0 Å². The van der Waals surface area contributed by atoms with E-state index in [9.17, 15) is 9.59 Å². The van der Waals surface area contributed by atoms with Gasteiger partial charge in [0.15, 0.2) is 6.10 Å². The lowest BCUT2D eigenvalue weighted by atomic mass is 10.1. The van der Waals surface area contributed by atoms with Crippen molar-refractivity contribution < 1.29 is 19.1 Å². The van der Waals surface area contributed by atoms with E-state index in [1.807, 2.05) is 54.8 Å². The quantitative estimate of drug-likeness (QED) is 0.608. The van der Waals surface area contributed by atoms with Gasteiger partial charge >= 0.3 is 0 Å². The highest BCUT2D eigenvalue weighted by atomic mass is 32.1. The number of ether oxygens (including phenoxy) is 2. The van der Waals surface area contributed by atoms with Crippen molar-refractivity contribution >= 4 is 28.8 Å². The molecule has 0 bridgehead atoms. The van der Waals surface area contributed by atoms with Crippen LogP contribution in [-0.2, 0) is 17.9 Å². The first kappa shape index (κ1) is 20.9. The van der Waals surface area contributed by atoms with E-state index in [1.165, 1.54) is 11.3 Å². The highest BCUT2D eigenvalue weighted by molar-refractivity contribution is 7.12. The number of fused-ring (bicyclic) bond motifs is 1. The lowest BCUT2D eigenvalue weighted by molar-refractivity contribution is -0.139. The number of hydrogen-bond acceptors (Lipinski definition) is 5. The molecule has 1 aromatic heterocycles. The summed E-state index contributed by atoms with van der Waals surface area (Å²) in [7, 11) is 1.62. The second-order valence-electron chi connectivity index (χ2n) is 7.31. The molecule has 0 fully saturated rings. The maximum atomic E-state index is 13.1. The first-order valence-electron chi connectivity index (χ1n) is 10.1. The zero-order valence-corrected chi connectivity index (χ0v) is 18.3. The minimum atomic E-state index is -0.543. The van der Waals surface area contributed by atoms with Crippen LogP contribution in [0.15, 0.2) is 60.0 Å². The fraction of sp³-hybridized carbons (Fsp3) is 0.250. The Balaban J connectivity index is 1.59. The highest BCUT2D eigenvalue weighted by Gasteiger charge is 2.30. The fourth-order valence-electron chi connectivity index (χ4n) is 3.57. The molecular formula is C24H24N2O4S. The molecule has 1 atom stereocenters. The van der Waals surface area contributed by atoms with Crippen LogP contribution in [0, 0.1) is 0 Å². The van der Waals surface area contributed by atoms with E-state index in [0.717, 1.165) is 16.9 Å². The molecular weight excluding hydrogens is 412 g/mol. The van der Waals surface area contributed by atoms with E-state index >= 15 is 0 Å². The number of carbonyl (C=O) groups excluding carboxylic acids is 2. The van der Waals surface area contributed by atoms with Gasteiger partial charge in [-0.3, -0.25) is 9.59 Å². The molecule has 3 aromatic rings. The van der Waals surface area contributed by atoms with Crippen molar-refractivity contribution in [1.82, 2.24) is 4.90 Å². The standard InChI is InChI=1S/C24H24N2O4S/c1-3-20-24(28)26(14-16-6-4-7-19(12-16)29-2)15-17-13-18(9-10-21(17)30-20)25-23(27)22-8-5-11-31-22/h4-13,20H,3,14-15H2,1-2H3,(H,25,27)/t20-/m1/s1. The summed E-state index contributed by atoms with van der Waals surface area (Å²) in [4.78, 5) is 28.0. The Morgan fingerprint density at radius 2 is 2.10 bits per heavy atom. The maximum absolute atomic E-state index is 13.1. The zero-order chi connectivity index (χ0) is 21.8. The summed E-state index contributed by atoms with van der Waals surface area (Å²) in [5.74, 6) is 1.22. The smallest absolute Gasteiger partial charge is 0.265 e. The van der Waals surface area contributed by atoms with Crippen LogP contribution in [0.1, 0.15) is 34.1 Å². The van der Waals surface area contributed by atoms with Crippen molar-refractivity contribution in [3.8, 4) is 11.5 Å². The second-order valence-corrected chi connectivity index (χ2v) is 8.26. The third-order valence-corrected chi connectivity index (χ3v) is 6.03. The minimum absolute atomic E-state index is 0.0503. The molecule has 1 aliphatic rings. The number of nitrogens with one attached hydrogen (secondary N) is 1. The van der Waals surface area contributed by atoms with E-state index in [4.69, 9.17) is 9.47 Å². The monoisotopic (exact) mass is 436 g/mol. The van der Waals surface area contributed by atoms with Gasteiger partial charge in [-0.05, 0) is 53.8 Å². The molecule has 2 heterocycles. The van der Waals surface area contributed by atoms with Crippen LogP contribution in [0.3, 0.4) is 0 Å². The molecule has 31 heavy (non-hydrogen) atoms. The van der Waals surface area contributed by atoms with Gasteiger partial charge in [0.25, 0.3) is 11.8 Å². The third-order valence-electron chi connectivity index (χ3n) is 5.16. The van der Waals surface area contributed by atoms with Gasteiger partial charge in [-0.15, -0.1) is 11.3 Å². The molecule has 0 aliphatic carbocycles. The van der Waals surface area contributed by atoms with E-state index < -0.39 is 6.10 Å². The third kappa shape index (κ3) is 4.72. The minimum Gasteiger partial charge on any atom is -0.497 e. The van der Waals surface area contributed by atoms with Gasteiger partial charge in [-0.1, -0.05) is 25.1 Å².